The fourth-order valence-electron chi connectivity index (χ4n) is 1.62. The average Bonchev–Trinajstić information content (AvgIpc) is 2.92. The topological polar surface area (TPSA) is 61.0 Å². The van der Waals surface area contributed by atoms with Crippen molar-refractivity contribution in [3.05, 3.63) is 29.8 Å². The minimum atomic E-state index is 0.124. The molecule has 1 heterocycles. The first-order valence-corrected chi connectivity index (χ1v) is 8.57. The number of hydrogen-bond donors (Lipinski definition) is 1. The van der Waals surface area contributed by atoms with Gasteiger partial charge in [-0.3, -0.25) is 0 Å². The van der Waals surface area contributed by atoms with Gasteiger partial charge in [-0.25, -0.2) is 0 Å². The van der Waals surface area contributed by atoms with Gasteiger partial charge < -0.3 is 10.5 Å². The minimum Gasteiger partial charge on any atom is -0.496 e. The fraction of sp³-hybridized carbons (Fsp3) is 0.333. The second-order valence-corrected chi connectivity index (χ2v) is 7.10. The summed E-state index contributed by atoms with van der Waals surface area (Å²) in [5, 5.41) is 8.39. The highest BCUT2D eigenvalue weighted by Crippen LogP contribution is 2.40. The minimum absolute atomic E-state index is 0.124. The average molecular weight is 313 g/mol. The van der Waals surface area contributed by atoms with E-state index in [9.17, 15) is 0 Å². The van der Waals surface area contributed by atoms with Crippen molar-refractivity contribution in [1.29, 1.82) is 0 Å². The second kappa shape index (κ2) is 7.14. The Kier molecular flexibility index (Phi) is 5.50. The second-order valence-electron chi connectivity index (χ2n) is 3.62. The zero-order chi connectivity index (χ0) is 13.7. The predicted octanol–water partition coefficient (Wildman–Crippen LogP) is 3.06. The van der Waals surface area contributed by atoms with E-state index in [2.05, 4.69) is 10.2 Å². The van der Waals surface area contributed by atoms with Gasteiger partial charge in [0.2, 0.25) is 0 Å². The zero-order valence-corrected chi connectivity index (χ0v) is 13.1. The van der Waals surface area contributed by atoms with Gasteiger partial charge >= 0.3 is 0 Å². The molecule has 2 N–H and O–H groups in total. The highest BCUT2D eigenvalue weighted by Gasteiger charge is 2.18. The lowest BCUT2D eigenvalue weighted by Gasteiger charge is -2.16. The summed E-state index contributed by atoms with van der Waals surface area (Å²) in [4.78, 5) is 0. The number of benzene rings is 1. The SMILES string of the molecule is COc1ccccc1C(CN)Sc1nnc(SC)s1. The quantitative estimate of drug-likeness (QED) is 0.827. The molecule has 102 valence electrons. The van der Waals surface area contributed by atoms with Gasteiger partial charge in [-0.1, -0.05) is 53.1 Å². The summed E-state index contributed by atoms with van der Waals surface area (Å²) in [6, 6.07) is 7.94. The summed E-state index contributed by atoms with van der Waals surface area (Å²) in [6.07, 6.45) is 2.00. The van der Waals surface area contributed by atoms with Crippen molar-refractivity contribution >= 4 is 34.9 Å². The molecule has 0 radical (unpaired) electrons. The smallest absolute Gasteiger partial charge is 0.175 e. The number of hydrogen-bond acceptors (Lipinski definition) is 7. The van der Waals surface area contributed by atoms with Crippen LogP contribution >= 0.6 is 34.9 Å². The van der Waals surface area contributed by atoms with E-state index in [1.54, 1.807) is 42.0 Å². The molecule has 0 aliphatic carbocycles. The Bertz CT molecular complexity index is 532. The van der Waals surface area contributed by atoms with Crippen molar-refractivity contribution in [3.8, 4) is 5.75 Å². The van der Waals surface area contributed by atoms with E-state index >= 15 is 0 Å². The van der Waals surface area contributed by atoms with Crippen LogP contribution in [0.15, 0.2) is 32.9 Å². The number of rotatable bonds is 6. The first-order valence-electron chi connectivity index (χ1n) is 5.65. The molecular weight excluding hydrogens is 298 g/mol. The zero-order valence-electron chi connectivity index (χ0n) is 10.7. The monoisotopic (exact) mass is 313 g/mol. The van der Waals surface area contributed by atoms with E-state index < -0.39 is 0 Å². The van der Waals surface area contributed by atoms with Crippen LogP contribution in [0.2, 0.25) is 0 Å². The summed E-state index contributed by atoms with van der Waals surface area (Å²) in [5.74, 6) is 0.861. The van der Waals surface area contributed by atoms with Gasteiger partial charge in [0.05, 0.1) is 12.4 Å². The van der Waals surface area contributed by atoms with E-state index in [4.69, 9.17) is 10.5 Å². The molecule has 0 aliphatic heterocycles. The van der Waals surface area contributed by atoms with Crippen LogP contribution in [0.5, 0.6) is 5.75 Å². The van der Waals surface area contributed by atoms with Crippen LogP contribution in [0.25, 0.3) is 0 Å². The maximum Gasteiger partial charge on any atom is 0.175 e. The van der Waals surface area contributed by atoms with Crippen molar-refractivity contribution in [2.75, 3.05) is 19.9 Å². The lowest BCUT2D eigenvalue weighted by molar-refractivity contribution is 0.409. The highest BCUT2D eigenvalue weighted by atomic mass is 32.2. The molecule has 1 aromatic carbocycles. The van der Waals surface area contributed by atoms with Crippen LogP contribution in [0.1, 0.15) is 10.8 Å². The van der Waals surface area contributed by atoms with Gasteiger partial charge in [0, 0.05) is 12.1 Å². The molecule has 7 heteroatoms. The van der Waals surface area contributed by atoms with Crippen molar-refractivity contribution in [2.24, 2.45) is 5.73 Å². The number of nitrogens with two attached hydrogens (primary N) is 1. The molecule has 2 rings (SSSR count). The van der Waals surface area contributed by atoms with Gasteiger partial charge in [-0.2, -0.15) is 0 Å². The molecule has 0 bridgehead atoms. The van der Waals surface area contributed by atoms with Crippen LogP contribution in [0.3, 0.4) is 0 Å². The molecule has 0 saturated heterocycles. The lowest BCUT2D eigenvalue weighted by atomic mass is 10.1. The molecule has 1 aromatic heterocycles. The Morgan fingerprint density at radius 3 is 2.68 bits per heavy atom. The number of para-hydroxylation sites is 1. The molecule has 0 amide bonds. The van der Waals surface area contributed by atoms with Crippen molar-refractivity contribution < 1.29 is 4.74 Å². The molecular formula is C12H15N3OS3. The summed E-state index contributed by atoms with van der Waals surface area (Å²) in [5.41, 5.74) is 6.99. The van der Waals surface area contributed by atoms with Crippen LogP contribution in [0, 0.1) is 0 Å². The number of nitrogens with zero attached hydrogens (tertiary/aromatic N) is 2. The van der Waals surface area contributed by atoms with E-state index in [1.165, 1.54) is 0 Å². The van der Waals surface area contributed by atoms with E-state index in [0.29, 0.717) is 6.54 Å². The Labute approximate surface area is 125 Å². The first-order chi connectivity index (χ1) is 9.28. The van der Waals surface area contributed by atoms with Gasteiger partial charge in [0.1, 0.15) is 5.75 Å². The van der Waals surface area contributed by atoms with Crippen LogP contribution < -0.4 is 10.5 Å². The first kappa shape index (κ1) is 14.6. The largest absolute Gasteiger partial charge is 0.496 e. The molecule has 2 aromatic rings. The standard InChI is InChI=1S/C12H15N3OS3/c1-16-9-6-4-3-5-8(9)10(7-13)18-12-15-14-11(17-2)19-12/h3-6,10H,7,13H2,1-2H3. The molecule has 0 fully saturated rings. The Morgan fingerprint density at radius 1 is 1.32 bits per heavy atom. The molecule has 0 spiro atoms. The number of thioether (sulfide) groups is 2. The van der Waals surface area contributed by atoms with E-state index in [0.717, 1.165) is 20.0 Å². The number of methoxy groups -OCH3 is 1. The van der Waals surface area contributed by atoms with Gasteiger partial charge in [0.15, 0.2) is 8.68 Å². The summed E-state index contributed by atoms with van der Waals surface area (Å²) in [6.45, 7) is 0.527. The van der Waals surface area contributed by atoms with Gasteiger partial charge in [-0.15, -0.1) is 10.2 Å². The normalized spacial score (nSPS) is 12.4. The maximum absolute atomic E-state index is 5.89. The molecule has 19 heavy (non-hydrogen) atoms. The molecule has 1 atom stereocenters. The van der Waals surface area contributed by atoms with Crippen LogP contribution in [-0.2, 0) is 0 Å². The molecule has 1 unspecified atom stereocenters. The van der Waals surface area contributed by atoms with Crippen LogP contribution in [0.4, 0.5) is 0 Å². The Hall–Kier alpha value is -0.760. The van der Waals surface area contributed by atoms with E-state index in [1.807, 2.05) is 30.5 Å². The third kappa shape index (κ3) is 3.62. The molecule has 0 aliphatic rings. The predicted molar refractivity (Wildman–Crippen MR) is 82.3 cm³/mol. The Morgan fingerprint density at radius 2 is 2.05 bits per heavy atom. The van der Waals surface area contributed by atoms with Crippen LogP contribution in [-0.4, -0.2) is 30.1 Å². The number of ether oxygens (including phenoxy) is 1. The van der Waals surface area contributed by atoms with Gasteiger partial charge in [-0.05, 0) is 12.3 Å². The van der Waals surface area contributed by atoms with Crippen molar-refractivity contribution in [2.45, 2.75) is 13.9 Å². The van der Waals surface area contributed by atoms with E-state index in [-0.39, 0.29) is 5.25 Å². The van der Waals surface area contributed by atoms with Crippen molar-refractivity contribution in [3.63, 3.8) is 0 Å². The summed E-state index contributed by atoms with van der Waals surface area (Å²) < 4.78 is 7.29. The molecule has 0 saturated carbocycles. The summed E-state index contributed by atoms with van der Waals surface area (Å²) >= 11 is 4.83. The van der Waals surface area contributed by atoms with Crippen molar-refractivity contribution in [1.82, 2.24) is 10.2 Å². The van der Waals surface area contributed by atoms with Gasteiger partial charge in [0.25, 0.3) is 0 Å². The highest BCUT2D eigenvalue weighted by molar-refractivity contribution is 8.03. The fourth-order valence-corrected chi connectivity index (χ4v) is 4.31. The molecule has 4 nitrogen and oxygen atoms in total. The lowest BCUT2D eigenvalue weighted by Crippen LogP contribution is -2.10. The Balaban J connectivity index is 2.19. The third-order valence-electron chi connectivity index (χ3n) is 2.51. The maximum atomic E-state index is 5.89. The third-order valence-corrected chi connectivity index (χ3v) is 5.75. The number of aromatic nitrogens is 2. The summed E-state index contributed by atoms with van der Waals surface area (Å²) in [7, 11) is 1.67.